The average molecular weight is 270 g/mol. The van der Waals surface area contributed by atoms with Crippen molar-refractivity contribution >= 4 is 0 Å². The van der Waals surface area contributed by atoms with Crippen LogP contribution in [0.1, 0.15) is 13.8 Å². The van der Waals surface area contributed by atoms with Crippen molar-refractivity contribution in [2.75, 3.05) is 53.6 Å². The number of likely N-dealkylation sites (N-methyl/N-ethyl adjacent to an activating group) is 1. The fourth-order valence-corrected chi connectivity index (χ4v) is 1.07. The molecule has 0 atom stereocenters. The molecule has 0 fully saturated rings. The van der Waals surface area contributed by atoms with Crippen molar-refractivity contribution < 1.29 is 30.9 Å². The first-order chi connectivity index (χ1) is 6.18. The Morgan fingerprint density at radius 3 is 2.00 bits per heavy atom. The van der Waals surface area contributed by atoms with Gasteiger partial charge in [-0.1, -0.05) is 0 Å². The third-order valence-corrected chi connectivity index (χ3v) is 2.73. The van der Waals surface area contributed by atoms with E-state index in [-0.39, 0.29) is 17.0 Å². The molecule has 0 spiro atoms. The standard InChI is InChI=1S/C10H24NO2.BrH/c1-5-11(3,6-2)7-8-13-10-9-12-4;/h5-10H2,1-4H3;1H/q+1;/p-1. The molecule has 0 amide bonds. The van der Waals surface area contributed by atoms with Gasteiger partial charge in [-0.3, -0.25) is 0 Å². The van der Waals surface area contributed by atoms with E-state index in [9.17, 15) is 0 Å². The van der Waals surface area contributed by atoms with Gasteiger partial charge in [0.25, 0.3) is 0 Å². The minimum atomic E-state index is 0. The zero-order chi connectivity index (χ0) is 10.2. The second-order valence-corrected chi connectivity index (χ2v) is 3.58. The summed E-state index contributed by atoms with van der Waals surface area (Å²) in [4.78, 5) is 0. The number of ether oxygens (including phenoxy) is 2. The Kier molecular flexibility index (Phi) is 11.9. The highest BCUT2D eigenvalue weighted by Crippen LogP contribution is 1.99. The summed E-state index contributed by atoms with van der Waals surface area (Å²) in [6.07, 6.45) is 0. The van der Waals surface area contributed by atoms with Gasteiger partial charge in [0, 0.05) is 7.11 Å². The van der Waals surface area contributed by atoms with Crippen LogP contribution in [0.2, 0.25) is 0 Å². The fraction of sp³-hybridized carbons (Fsp3) is 1.00. The summed E-state index contributed by atoms with van der Waals surface area (Å²) in [6.45, 7) is 10.1. The normalized spacial score (nSPS) is 11.1. The molecule has 3 nitrogen and oxygen atoms in total. The van der Waals surface area contributed by atoms with Gasteiger partial charge < -0.3 is 30.9 Å². The zero-order valence-corrected chi connectivity index (χ0v) is 11.5. The van der Waals surface area contributed by atoms with Crippen LogP contribution in [0.3, 0.4) is 0 Å². The third-order valence-electron chi connectivity index (χ3n) is 2.73. The highest BCUT2D eigenvalue weighted by Gasteiger charge is 2.15. The lowest BCUT2D eigenvalue weighted by atomic mass is 10.4. The molecule has 4 heteroatoms. The number of halogens is 1. The Morgan fingerprint density at radius 1 is 1.00 bits per heavy atom. The number of methoxy groups -OCH3 is 1. The summed E-state index contributed by atoms with van der Waals surface area (Å²) in [5.41, 5.74) is 0. The van der Waals surface area contributed by atoms with Gasteiger partial charge in [0.15, 0.2) is 0 Å². The van der Waals surface area contributed by atoms with E-state index in [1.54, 1.807) is 7.11 Å². The molecule has 0 aromatic carbocycles. The van der Waals surface area contributed by atoms with Gasteiger partial charge in [-0.15, -0.1) is 0 Å². The van der Waals surface area contributed by atoms with Crippen LogP contribution in [-0.2, 0) is 9.47 Å². The number of rotatable bonds is 8. The minimum absolute atomic E-state index is 0. The van der Waals surface area contributed by atoms with Crippen LogP contribution < -0.4 is 17.0 Å². The van der Waals surface area contributed by atoms with Gasteiger partial charge in [0.1, 0.15) is 6.54 Å². The minimum Gasteiger partial charge on any atom is -1.00 e. The lowest BCUT2D eigenvalue weighted by molar-refractivity contribution is -0.906. The van der Waals surface area contributed by atoms with E-state index in [1.807, 2.05) is 0 Å². The Balaban J connectivity index is 0. The van der Waals surface area contributed by atoms with Crippen molar-refractivity contribution in [2.24, 2.45) is 0 Å². The lowest BCUT2D eigenvalue weighted by Crippen LogP contribution is -3.00. The summed E-state index contributed by atoms with van der Waals surface area (Å²) in [5.74, 6) is 0. The highest BCUT2D eigenvalue weighted by atomic mass is 79.9. The summed E-state index contributed by atoms with van der Waals surface area (Å²) in [7, 11) is 3.96. The van der Waals surface area contributed by atoms with E-state index < -0.39 is 0 Å². The average Bonchev–Trinajstić information content (AvgIpc) is 2.17. The van der Waals surface area contributed by atoms with Crippen LogP contribution in [0.15, 0.2) is 0 Å². The molecule has 0 saturated heterocycles. The van der Waals surface area contributed by atoms with Gasteiger partial charge in [0.2, 0.25) is 0 Å². The second kappa shape index (κ2) is 9.90. The molecule has 0 saturated carbocycles. The number of nitrogens with zero attached hydrogens (tertiary/aromatic N) is 1. The van der Waals surface area contributed by atoms with Crippen molar-refractivity contribution in [1.29, 1.82) is 0 Å². The van der Waals surface area contributed by atoms with Crippen molar-refractivity contribution in [3.05, 3.63) is 0 Å². The number of hydrogen-bond acceptors (Lipinski definition) is 2. The molecule has 0 aliphatic heterocycles. The van der Waals surface area contributed by atoms with E-state index in [0.29, 0.717) is 13.2 Å². The Labute approximate surface area is 98.7 Å². The van der Waals surface area contributed by atoms with Crippen molar-refractivity contribution in [2.45, 2.75) is 13.8 Å². The van der Waals surface area contributed by atoms with E-state index in [4.69, 9.17) is 9.47 Å². The molecule has 0 heterocycles. The Morgan fingerprint density at radius 2 is 1.57 bits per heavy atom. The molecule has 14 heavy (non-hydrogen) atoms. The SMILES string of the molecule is CC[N+](C)(CC)CCOCCOC.[Br-]. The van der Waals surface area contributed by atoms with Crippen LogP contribution in [0.5, 0.6) is 0 Å². The first-order valence-corrected chi connectivity index (χ1v) is 5.08. The summed E-state index contributed by atoms with van der Waals surface area (Å²) < 4.78 is 11.4. The maximum Gasteiger partial charge on any atom is 0.102 e. The molecule has 0 bridgehead atoms. The van der Waals surface area contributed by atoms with E-state index in [1.165, 1.54) is 13.1 Å². The molecule has 0 rings (SSSR count). The maximum absolute atomic E-state index is 5.43. The largest absolute Gasteiger partial charge is 1.00 e. The molecule has 0 radical (unpaired) electrons. The van der Waals surface area contributed by atoms with Crippen LogP contribution in [0, 0.1) is 0 Å². The monoisotopic (exact) mass is 269 g/mol. The van der Waals surface area contributed by atoms with Crippen LogP contribution >= 0.6 is 0 Å². The third kappa shape index (κ3) is 7.74. The van der Waals surface area contributed by atoms with Gasteiger partial charge in [-0.25, -0.2) is 0 Å². The predicted molar refractivity (Wildman–Crippen MR) is 54.8 cm³/mol. The van der Waals surface area contributed by atoms with E-state index in [2.05, 4.69) is 20.9 Å². The zero-order valence-electron chi connectivity index (χ0n) is 9.88. The molecule has 0 N–H and O–H groups in total. The molecule has 0 aliphatic carbocycles. The molecule has 0 unspecified atom stereocenters. The fourth-order valence-electron chi connectivity index (χ4n) is 1.07. The van der Waals surface area contributed by atoms with E-state index in [0.717, 1.165) is 17.6 Å². The highest BCUT2D eigenvalue weighted by molar-refractivity contribution is 4.35. The Bertz CT molecular complexity index is 119. The van der Waals surface area contributed by atoms with Gasteiger partial charge in [-0.05, 0) is 13.8 Å². The second-order valence-electron chi connectivity index (χ2n) is 3.58. The van der Waals surface area contributed by atoms with Crippen molar-refractivity contribution in [3.8, 4) is 0 Å². The predicted octanol–water partition coefficient (Wildman–Crippen LogP) is -1.86. The quantitative estimate of drug-likeness (QED) is 0.380. The molecule has 0 aliphatic rings. The lowest BCUT2D eigenvalue weighted by Gasteiger charge is -2.31. The molecular weight excluding hydrogens is 246 g/mol. The summed E-state index contributed by atoms with van der Waals surface area (Å²) in [6, 6.07) is 0. The summed E-state index contributed by atoms with van der Waals surface area (Å²) >= 11 is 0. The van der Waals surface area contributed by atoms with Crippen molar-refractivity contribution in [3.63, 3.8) is 0 Å². The Hall–Kier alpha value is 0.360. The molecule has 88 valence electrons. The van der Waals surface area contributed by atoms with Crippen molar-refractivity contribution in [1.82, 2.24) is 0 Å². The van der Waals surface area contributed by atoms with E-state index >= 15 is 0 Å². The van der Waals surface area contributed by atoms with Gasteiger partial charge >= 0.3 is 0 Å². The molecule has 0 aromatic heterocycles. The van der Waals surface area contributed by atoms with Crippen LogP contribution in [0.25, 0.3) is 0 Å². The van der Waals surface area contributed by atoms with Crippen LogP contribution in [0.4, 0.5) is 0 Å². The first-order valence-electron chi connectivity index (χ1n) is 5.08. The summed E-state index contributed by atoms with van der Waals surface area (Å²) in [5, 5.41) is 0. The maximum atomic E-state index is 5.43. The smallest absolute Gasteiger partial charge is 0.102 e. The van der Waals surface area contributed by atoms with Crippen LogP contribution in [-0.4, -0.2) is 58.1 Å². The first kappa shape index (κ1) is 16.8. The molecular formula is C10H24BrNO2. The topological polar surface area (TPSA) is 18.5 Å². The molecule has 0 aromatic rings. The van der Waals surface area contributed by atoms with Gasteiger partial charge in [-0.2, -0.15) is 0 Å². The number of quaternary nitrogens is 1. The van der Waals surface area contributed by atoms with Gasteiger partial charge in [0.05, 0.1) is 40.0 Å². The number of hydrogen-bond donors (Lipinski definition) is 0.